The first kappa shape index (κ1) is 10.8. The molecule has 1 heterocycles. The maximum absolute atomic E-state index is 12.3. The van der Waals surface area contributed by atoms with Gasteiger partial charge in [0.15, 0.2) is 0 Å². The van der Waals surface area contributed by atoms with Crippen LogP contribution in [0.2, 0.25) is 5.02 Å². The van der Waals surface area contributed by atoms with E-state index < -0.39 is 17.2 Å². The summed E-state index contributed by atoms with van der Waals surface area (Å²) in [7, 11) is 0. The highest BCUT2D eigenvalue weighted by molar-refractivity contribution is 6.33. The zero-order valence-corrected chi connectivity index (χ0v) is 7.76. The summed E-state index contributed by atoms with van der Waals surface area (Å²) in [4.78, 5) is 12.8. The fourth-order valence-corrected chi connectivity index (χ4v) is 1.15. The molecule has 0 aromatic carbocycles. The molecule has 7 heteroatoms. The van der Waals surface area contributed by atoms with Crippen molar-refractivity contribution < 1.29 is 13.7 Å². The van der Waals surface area contributed by atoms with E-state index >= 15 is 0 Å². The van der Waals surface area contributed by atoms with Gasteiger partial charge in [-0.25, -0.2) is 8.78 Å². The minimum Gasteiger partial charge on any atom is -0.358 e. The van der Waals surface area contributed by atoms with Gasteiger partial charge < -0.3 is 10.1 Å². The zero-order chi connectivity index (χ0) is 10.9. The van der Waals surface area contributed by atoms with Crippen molar-refractivity contribution in [1.29, 1.82) is 0 Å². The van der Waals surface area contributed by atoms with Crippen LogP contribution in [-0.4, -0.2) is 9.91 Å². The van der Waals surface area contributed by atoms with Gasteiger partial charge in [0, 0.05) is 0 Å². The molecule has 0 fully saturated rings. The van der Waals surface area contributed by atoms with E-state index in [9.17, 15) is 18.9 Å². The first-order valence-corrected chi connectivity index (χ1v) is 3.90. The van der Waals surface area contributed by atoms with Gasteiger partial charge in [0.2, 0.25) is 0 Å². The number of hydrogen-bond acceptors (Lipinski definition) is 3. The summed E-state index contributed by atoms with van der Waals surface area (Å²) in [5.74, 6) is -0.603. The van der Waals surface area contributed by atoms with Gasteiger partial charge in [-0.1, -0.05) is 11.6 Å². The van der Waals surface area contributed by atoms with Gasteiger partial charge in [-0.05, 0) is 22.4 Å². The van der Waals surface area contributed by atoms with E-state index in [0.29, 0.717) is 0 Å². The number of nitro groups is 1. The molecule has 1 rings (SSSR count). The van der Waals surface area contributed by atoms with Crippen molar-refractivity contribution in [3.05, 3.63) is 32.5 Å². The first-order valence-electron chi connectivity index (χ1n) is 3.52. The molecule has 4 nitrogen and oxygen atoms in total. The largest absolute Gasteiger partial charge is 0.382 e. The van der Waals surface area contributed by atoms with Gasteiger partial charge >= 0.3 is 5.82 Å². The van der Waals surface area contributed by atoms with Gasteiger partial charge in [0.05, 0.1) is 5.56 Å². The number of hydrogen-bond donors (Lipinski definition) is 0. The highest BCUT2D eigenvalue weighted by Crippen LogP contribution is 2.31. The molecule has 1 aromatic heterocycles. The number of rotatable bonds is 2. The molecule has 0 amide bonds. The number of nitrogens with zero attached hydrogens (tertiary/aromatic N) is 2. The summed E-state index contributed by atoms with van der Waals surface area (Å²) < 4.78 is 24.5. The molecule has 0 aliphatic rings. The third-order valence-electron chi connectivity index (χ3n) is 1.69. The predicted molar refractivity (Wildman–Crippen MR) is 45.6 cm³/mol. The molecule has 0 unspecified atom stereocenters. The van der Waals surface area contributed by atoms with Crippen LogP contribution in [0.1, 0.15) is 17.6 Å². The van der Waals surface area contributed by atoms with Crippen LogP contribution in [-0.2, 0) is 0 Å². The molecule has 0 bridgehead atoms. The van der Waals surface area contributed by atoms with E-state index in [1.807, 2.05) is 0 Å². The summed E-state index contributed by atoms with van der Waals surface area (Å²) >= 11 is 5.50. The van der Waals surface area contributed by atoms with Crippen molar-refractivity contribution in [2.24, 2.45) is 0 Å². The van der Waals surface area contributed by atoms with Crippen LogP contribution in [0.4, 0.5) is 14.6 Å². The van der Waals surface area contributed by atoms with E-state index in [2.05, 4.69) is 4.98 Å². The number of pyridine rings is 1. The van der Waals surface area contributed by atoms with Gasteiger partial charge in [-0.15, -0.1) is 0 Å². The third-order valence-corrected chi connectivity index (χ3v) is 2.15. The van der Waals surface area contributed by atoms with Crippen molar-refractivity contribution in [3.8, 4) is 0 Å². The molecule has 0 aliphatic heterocycles. The van der Waals surface area contributed by atoms with E-state index in [1.54, 1.807) is 0 Å². The molecule has 0 radical (unpaired) electrons. The van der Waals surface area contributed by atoms with Crippen molar-refractivity contribution in [2.75, 3.05) is 0 Å². The second-order valence-electron chi connectivity index (χ2n) is 2.53. The summed E-state index contributed by atoms with van der Waals surface area (Å²) in [6.45, 7) is 1.29. The minimum absolute atomic E-state index is 0.0108. The molecule has 14 heavy (non-hydrogen) atoms. The van der Waals surface area contributed by atoms with Crippen molar-refractivity contribution in [1.82, 2.24) is 4.98 Å². The lowest BCUT2D eigenvalue weighted by molar-refractivity contribution is -0.389. The molecule has 1 aromatic rings. The van der Waals surface area contributed by atoms with Crippen LogP contribution in [0.5, 0.6) is 0 Å². The normalized spacial score (nSPS) is 10.6. The van der Waals surface area contributed by atoms with Crippen LogP contribution in [0.25, 0.3) is 0 Å². The molecule has 0 spiro atoms. The van der Waals surface area contributed by atoms with Crippen molar-refractivity contribution in [2.45, 2.75) is 13.3 Å². The zero-order valence-electron chi connectivity index (χ0n) is 7.00. The van der Waals surface area contributed by atoms with E-state index in [0.717, 1.165) is 6.20 Å². The maximum Gasteiger partial charge on any atom is 0.382 e. The Hall–Kier alpha value is -1.30. The molecule has 0 saturated heterocycles. The molecule has 0 atom stereocenters. The Morgan fingerprint density at radius 3 is 2.64 bits per heavy atom. The number of halogens is 3. The van der Waals surface area contributed by atoms with Crippen LogP contribution in [0, 0.1) is 17.0 Å². The van der Waals surface area contributed by atoms with Crippen LogP contribution in [0.15, 0.2) is 6.20 Å². The summed E-state index contributed by atoms with van der Waals surface area (Å²) in [6, 6.07) is 0. The van der Waals surface area contributed by atoms with Crippen LogP contribution < -0.4 is 0 Å². The monoisotopic (exact) mass is 222 g/mol. The summed E-state index contributed by atoms with van der Waals surface area (Å²) in [6.07, 6.45) is -1.97. The Bertz CT molecular complexity index is 384. The smallest absolute Gasteiger partial charge is 0.358 e. The fourth-order valence-electron chi connectivity index (χ4n) is 0.926. The Balaban J connectivity index is 3.33. The molecule has 0 N–H and O–H groups in total. The Morgan fingerprint density at radius 1 is 1.64 bits per heavy atom. The Labute approximate surface area is 82.7 Å². The SMILES string of the molecule is Cc1c(C(F)F)cnc([N+](=O)[O-])c1Cl. The summed E-state index contributed by atoms with van der Waals surface area (Å²) in [5.41, 5.74) is -0.399. The highest BCUT2D eigenvalue weighted by atomic mass is 35.5. The first-order chi connectivity index (χ1) is 6.45. The van der Waals surface area contributed by atoms with E-state index in [-0.39, 0.29) is 16.1 Å². The van der Waals surface area contributed by atoms with Crippen molar-refractivity contribution >= 4 is 17.4 Å². The van der Waals surface area contributed by atoms with Gasteiger partial charge in [0.1, 0.15) is 11.2 Å². The van der Waals surface area contributed by atoms with Gasteiger partial charge in [-0.3, -0.25) is 0 Å². The highest BCUT2D eigenvalue weighted by Gasteiger charge is 2.22. The van der Waals surface area contributed by atoms with E-state index in [1.165, 1.54) is 6.92 Å². The Kier molecular flexibility index (Phi) is 2.95. The lowest BCUT2D eigenvalue weighted by Crippen LogP contribution is -1.99. The fraction of sp³-hybridized carbons (Fsp3) is 0.286. The molecular weight excluding hydrogens is 218 g/mol. The summed E-state index contributed by atoms with van der Waals surface area (Å²) in [5, 5.41) is 9.99. The maximum atomic E-state index is 12.3. The third kappa shape index (κ3) is 1.79. The molecular formula is C7H5ClF2N2O2. The van der Waals surface area contributed by atoms with Crippen LogP contribution >= 0.6 is 11.6 Å². The number of aromatic nitrogens is 1. The minimum atomic E-state index is -2.74. The average Bonchev–Trinajstić information content (AvgIpc) is 2.08. The van der Waals surface area contributed by atoms with Crippen molar-refractivity contribution in [3.63, 3.8) is 0 Å². The lowest BCUT2D eigenvalue weighted by atomic mass is 10.1. The topological polar surface area (TPSA) is 56.0 Å². The quantitative estimate of drug-likeness (QED) is 0.571. The second-order valence-corrected chi connectivity index (χ2v) is 2.91. The second kappa shape index (κ2) is 3.83. The van der Waals surface area contributed by atoms with Gasteiger partial charge in [-0.2, -0.15) is 0 Å². The standard InChI is InChI=1S/C7H5ClF2N2O2/c1-3-4(6(9)10)2-11-7(5(3)8)12(13)14/h2,6H,1H3. The van der Waals surface area contributed by atoms with E-state index in [4.69, 9.17) is 11.6 Å². The van der Waals surface area contributed by atoms with Gasteiger partial charge in [0.25, 0.3) is 6.43 Å². The average molecular weight is 223 g/mol. The van der Waals surface area contributed by atoms with Crippen LogP contribution in [0.3, 0.4) is 0 Å². The predicted octanol–water partition coefficient (Wildman–Crippen LogP) is 2.89. The molecule has 0 saturated carbocycles. The molecule has 76 valence electrons. The Morgan fingerprint density at radius 2 is 2.21 bits per heavy atom. The molecule has 0 aliphatic carbocycles. The number of alkyl halides is 2. The lowest BCUT2D eigenvalue weighted by Gasteiger charge is -2.04.